The van der Waals surface area contributed by atoms with Crippen LogP contribution in [0, 0.1) is 0 Å². The van der Waals surface area contributed by atoms with Crippen LogP contribution in [0.5, 0.6) is 11.5 Å². The minimum Gasteiger partial charge on any atom is -0.506 e. The highest BCUT2D eigenvalue weighted by atomic mass is 79.9. The average Bonchev–Trinajstić information content (AvgIpc) is 2.98. The van der Waals surface area contributed by atoms with Crippen LogP contribution in [0.15, 0.2) is 45.9 Å². The predicted octanol–water partition coefficient (Wildman–Crippen LogP) is 3.94. The highest BCUT2D eigenvalue weighted by Crippen LogP contribution is 2.38. The minimum absolute atomic E-state index is 0.0135. The minimum atomic E-state index is -0.247. The normalized spacial score (nSPS) is 16.0. The number of phenolic OH excluding ortho intramolecular Hbond substituents is 1. The number of aliphatic imine (C=N–C) groups is 1. The Labute approximate surface area is 148 Å². The van der Waals surface area contributed by atoms with Crippen LogP contribution in [0.2, 0.25) is 0 Å². The molecule has 5 nitrogen and oxygen atoms in total. The lowest BCUT2D eigenvalue weighted by Crippen LogP contribution is -2.09. The van der Waals surface area contributed by atoms with Crippen molar-refractivity contribution >= 4 is 33.8 Å². The van der Waals surface area contributed by atoms with Crippen molar-refractivity contribution < 1.29 is 19.4 Å². The Morgan fingerprint density at radius 3 is 3.08 bits per heavy atom. The number of nitrogens with zero attached hydrogens (tertiary/aromatic N) is 1. The summed E-state index contributed by atoms with van der Waals surface area (Å²) in [7, 11) is 1.38. The van der Waals surface area contributed by atoms with Crippen LogP contribution in [0.25, 0.3) is 0 Å². The van der Waals surface area contributed by atoms with Crippen molar-refractivity contribution in [2.24, 2.45) is 4.99 Å². The summed E-state index contributed by atoms with van der Waals surface area (Å²) in [5.41, 5.74) is 2.32. The monoisotopic (exact) mass is 389 g/mol. The van der Waals surface area contributed by atoms with Crippen molar-refractivity contribution in [1.82, 2.24) is 0 Å². The van der Waals surface area contributed by atoms with Gasteiger partial charge < -0.3 is 14.6 Å². The van der Waals surface area contributed by atoms with Crippen molar-refractivity contribution in [1.29, 1.82) is 0 Å². The number of rotatable bonds is 4. The quantitative estimate of drug-likeness (QED) is 0.634. The molecular weight excluding hydrogens is 374 g/mol. The molecule has 3 rings (SSSR count). The first-order chi connectivity index (χ1) is 11.6. The number of carbonyl (C=O) groups is 1. The summed E-state index contributed by atoms with van der Waals surface area (Å²) in [5, 5.41) is 9.97. The molecule has 0 aromatic heterocycles. The van der Waals surface area contributed by atoms with Gasteiger partial charge in [0.1, 0.15) is 11.5 Å². The SMILES string of the molecule is COC(=O)C[C@@H]1COc2cc(N=Cc3cccc(Br)c3O)ccc21. The molecule has 1 heterocycles. The van der Waals surface area contributed by atoms with E-state index in [1.54, 1.807) is 18.3 Å². The van der Waals surface area contributed by atoms with Crippen molar-refractivity contribution in [2.45, 2.75) is 12.3 Å². The molecule has 0 spiro atoms. The predicted molar refractivity (Wildman–Crippen MR) is 94.4 cm³/mol. The van der Waals surface area contributed by atoms with E-state index < -0.39 is 0 Å². The molecule has 6 heteroatoms. The van der Waals surface area contributed by atoms with Gasteiger partial charge in [-0.3, -0.25) is 9.79 Å². The lowest BCUT2D eigenvalue weighted by molar-refractivity contribution is -0.141. The summed E-state index contributed by atoms with van der Waals surface area (Å²) in [5.74, 6) is 0.650. The van der Waals surface area contributed by atoms with Gasteiger partial charge in [-0.1, -0.05) is 12.1 Å². The van der Waals surface area contributed by atoms with E-state index in [1.165, 1.54) is 7.11 Å². The fourth-order valence-corrected chi connectivity index (χ4v) is 2.96. The number of esters is 1. The number of benzene rings is 2. The van der Waals surface area contributed by atoms with E-state index in [2.05, 4.69) is 20.9 Å². The first-order valence-corrected chi connectivity index (χ1v) is 8.23. The van der Waals surface area contributed by atoms with Crippen LogP contribution in [0.3, 0.4) is 0 Å². The molecule has 0 aliphatic carbocycles. The van der Waals surface area contributed by atoms with Gasteiger partial charge in [-0.05, 0) is 34.1 Å². The Morgan fingerprint density at radius 2 is 2.29 bits per heavy atom. The summed E-state index contributed by atoms with van der Waals surface area (Å²) in [4.78, 5) is 15.8. The maximum absolute atomic E-state index is 11.4. The van der Waals surface area contributed by atoms with Crippen molar-refractivity contribution in [2.75, 3.05) is 13.7 Å². The Kier molecular flexibility index (Phi) is 4.85. The van der Waals surface area contributed by atoms with Crippen molar-refractivity contribution in [3.63, 3.8) is 0 Å². The second-order valence-electron chi connectivity index (χ2n) is 5.45. The Balaban J connectivity index is 1.79. The largest absolute Gasteiger partial charge is 0.506 e. The van der Waals surface area contributed by atoms with Crippen LogP contribution >= 0.6 is 15.9 Å². The molecule has 2 aromatic carbocycles. The fourth-order valence-electron chi connectivity index (χ4n) is 2.58. The van der Waals surface area contributed by atoms with Gasteiger partial charge in [0.15, 0.2) is 0 Å². The van der Waals surface area contributed by atoms with Gasteiger partial charge in [0, 0.05) is 29.3 Å². The highest BCUT2D eigenvalue weighted by Gasteiger charge is 2.26. The number of halogens is 1. The van der Waals surface area contributed by atoms with Gasteiger partial charge >= 0.3 is 5.97 Å². The molecule has 0 radical (unpaired) electrons. The zero-order valence-electron chi connectivity index (χ0n) is 13.0. The molecule has 24 heavy (non-hydrogen) atoms. The number of aromatic hydroxyl groups is 1. The zero-order valence-corrected chi connectivity index (χ0v) is 14.6. The van der Waals surface area contributed by atoms with Gasteiger partial charge in [-0.15, -0.1) is 0 Å². The number of methoxy groups -OCH3 is 1. The third-order valence-corrected chi connectivity index (χ3v) is 4.53. The van der Waals surface area contributed by atoms with E-state index in [4.69, 9.17) is 9.47 Å². The molecule has 1 N–H and O–H groups in total. The average molecular weight is 390 g/mol. The van der Waals surface area contributed by atoms with E-state index >= 15 is 0 Å². The van der Waals surface area contributed by atoms with Crippen LogP contribution in [0.1, 0.15) is 23.5 Å². The van der Waals surface area contributed by atoms with Crippen LogP contribution in [-0.2, 0) is 9.53 Å². The number of para-hydroxylation sites is 1. The first kappa shape index (κ1) is 16.5. The van der Waals surface area contributed by atoms with Crippen LogP contribution in [0.4, 0.5) is 5.69 Å². The van der Waals surface area contributed by atoms with Crippen LogP contribution in [-0.4, -0.2) is 31.0 Å². The van der Waals surface area contributed by atoms with Crippen LogP contribution < -0.4 is 4.74 Å². The molecule has 0 fully saturated rings. The maximum atomic E-state index is 11.4. The van der Waals surface area contributed by atoms with Gasteiger partial charge in [-0.2, -0.15) is 0 Å². The molecule has 0 unspecified atom stereocenters. The van der Waals surface area contributed by atoms with Gasteiger partial charge in [0.05, 0.1) is 30.3 Å². The molecule has 1 atom stereocenters. The first-order valence-electron chi connectivity index (χ1n) is 7.43. The maximum Gasteiger partial charge on any atom is 0.306 e. The molecule has 124 valence electrons. The highest BCUT2D eigenvalue weighted by molar-refractivity contribution is 9.10. The van der Waals surface area contributed by atoms with Gasteiger partial charge in [0.25, 0.3) is 0 Å². The Hall–Kier alpha value is -2.34. The summed E-state index contributed by atoms with van der Waals surface area (Å²) >= 11 is 3.28. The van der Waals surface area contributed by atoms with E-state index in [9.17, 15) is 9.90 Å². The number of hydrogen-bond donors (Lipinski definition) is 1. The smallest absolute Gasteiger partial charge is 0.306 e. The molecule has 1 aliphatic rings. The molecule has 2 aromatic rings. The standard InChI is InChI=1S/C18H16BrNO4/c1-23-17(21)7-12-10-24-16-8-13(5-6-14(12)16)20-9-11-3-2-4-15(19)18(11)22/h2-6,8-9,12,22H,7,10H2,1H3/t12-/m1/s1. The number of phenols is 1. The second-order valence-corrected chi connectivity index (χ2v) is 6.30. The van der Waals surface area contributed by atoms with Gasteiger partial charge in [-0.25, -0.2) is 0 Å². The summed E-state index contributed by atoms with van der Waals surface area (Å²) in [6.07, 6.45) is 1.90. The van der Waals surface area contributed by atoms with E-state index in [0.29, 0.717) is 28.8 Å². The van der Waals surface area contributed by atoms with E-state index in [0.717, 1.165) is 11.3 Å². The summed E-state index contributed by atoms with van der Waals surface area (Å²) in [6, 6.07) is 11.0. The number of carbonyl (C=O) groups excluding carboxylic acids is 1. The lowest BCUT2D eigenvalue weighted by atomic mass is 9.98. The third kappa shape index (κ3) is 3.43. The second kappa shape index (κ2) is 7.05. The molecule has 0 saturated carbocycles. The molecular formula is C18H16BrNO4. The molecule has 0 amide bonds. The number of hydrogen-bond acceptors (Lipinski definition) is 5. The van der Waals surface area contributed by atoms with E-state index in [1.807, 2.05) is 24.3 Å². The topological polar surface area (TPSA) is 68.1 Å². The Morgan fingerprint density at radius 1 is 1.46 bits per heavy atom. The molecule has 0 bridgehead atoms. The third-order valence-electron chi connectivity index (χ3n) is 3.89. The van der Waals surface area contributed by atoms with Crippen molar-refractivity contribution in [3.8, 4) is 11.5 Å². The molecule has 0 saturated heterocycles. The fraction of sp³-hybridized carbons (Fsp3) is 0.222. The Bertz CT molecular complexity index is 804. The van der Waals surface area contributed by atoms with Gasteiger partial charge in [0.2, 0.25) is 0 Å². The number of fused-ring (bicyclic) bond motifs is 1. The number of ether oxygens (including phenoxy) is 2. The lowest BCUT2D eigenvalue weighted by Gasteiger charge is -2.06. The zero-order chi connectivity index (χ0) is 17.1. The summed E-state index contributed by atoms with van der Waals surface area (Å²) < 4.78 is 11.0. The summed E-state index contributed by atoms with van der Waals surface area (Å²) in [6.45, 7) is 0.462. The molecule has 1 aliphatic heterocycles. The van der Waals surface area contributed by atoms with E-state index in [-0.39, 0.29) is 17.6 Å². The van der Waals surface area contributed by atoms with Crippen molar-refractivity contribution in [3.05, 3.63) is 52.0 Å².